The maximum atomic E-state index is 14.6. The first-order valence-electron chi connectivity index (χ1n) is 16.5. The van der Waals surface area contributed by atoms with Gasteiger partial charge >= 0.3 is 18.2 Å². The Hall–Kier alpha value is -3.77. The molecule has 48 heavy (non-hydrogen) atoms. The molecule has 11 nitrogen and oxygen atoms in total. The van der Waals surface area contributed by atoms with Gasteiger partial charge in [-0.05, 0) is 118 Å². The Labute approximate surface area is 284 Å². The number of rotatable bonds is 11. The molecule has 1 aliphatic heterocycles. The summed E-state index contributed by atoms with van der Waals surface area (Å²) in [6.45, 7) is 20.1. The van der Waals surface area contributed by atoms with Crippen molar-refractivity contribution in [3.63, 3.8) is 0 Å². The first kappa shape index (κ1) is 38.7. The van der Waals surface area contributed by atoms with E-state index in [-0.39, 0.29) is 17.6 Å². The number of benzene rings is 1. The molecule has 2 heterocycles. The Morgan fingerprint density at radius 3 is 2.23 bits per heavy atom. The Morgan fingerprint density at radius 1 is 0.917 bits per heavy atom. The van der Waals surface area contributed by atoms with Crippen LogP contribution in [0, 0.1) is 18.7 Å². The number of ether oxygens (including phenoxy) is 4. The third-order valence-electron chi connectivity index (χ3n) is 7.04. The van der Waals surface area contributed by atoms with E-state index in [2.05, 4.69) is 15.6 Å². The number of amides is 2. The zero-order chi connectivity index (χ0) is 35.9. The summed E-state index contributed by atoms with van der Waals surface area (Å²) in [5.41, 5.74) is 0.165. The molecule has 1 aliphatic rings. The zero-order valence-corrected chi connectivity index (χ0v) is 30.1. The number of likely N-dealkylation sites (tertiary alicyclic amines) is 1. The van der Waals surface area contributed by atoms with Gasteiger partial charge in [0, 0.05) is 24.7 Å². The molecule has 1 aromatic carbocycles. The molecule has 2 unspecified atom stereocenters. The van der Waals surface area contributed by atoms with Crippen molar-refractivity contribution in [2.24, 2.45) is 5.92 Å². The number of carbonyl (C=O) groups is 3. The summed E-state index contributed by atoms with van der Waals surface area (Å²) in [6, 6.07) is 8.29. The molecule has 1 aromatic heterocycles. The minimum absolute atomic E-state index is 0.0456. The highest BCUT2D eigenvalue weighted by molar-refractivity contribution is 5.91. The van der Waals surface area contributed by atoms with Gasteiger partial charge in [0.15, 0.2) is 0 Å². The number of nitrogens with zero attached hydrogens (tertiary/aromatic N) is 2. The Bertz CT molecular complexity index is 1430. The van der Waals surface area contributed by atoms with Crippen LogP contribution >= 0.6 is 0 Å². The fourth-order valence-electron chi connectivity index (χ4n) is 5.25. The van der Waals surface area contributed by atoms with Crippen molar-refractivity contribution in [2.75, 3.05) is 38.1 Å². The maximum absolute atomic E-state index is 14.6. The molecule has 2 amide bonds. The van der Waals surface area contributed by atoms with Crippen molar-refractivity contribution in [3.8, 4) is 0 Å². The smallest absolute Gasteiger partial charge is 0.413 e. The van der Waals surface area contributed by atoms with E-state index in [0.29, 0.717) is 57.0 Å². The second kappa shape index (κ2) is 16.1. The van der Waals surface area contributed by atoms with Crippen molar-refractivity contribution < 1.29 is 37.7 Å². The number of nitrogens with one attached hydrogen (secondary N) is 2. The van der Waals surface area contributed by atoms with Crippen molar-refractivity contribution in [2.45, 2.75) is 105 Å². The summed E-state index contributed by atoms with van der Waals surface area (Å²) in [4.78, 5) is 44.3. The summed E-state index contributed by atoms with van der Waals surface area (Å²) in [5, 5.41) is 6.02. The lowest BCUT2D eigenvalue weighted by Gasteiger charge is -2.24. The Kier molecular flexibility index (Phi) is 13.0. The van der Waals surface area contributed by atoms with Crippen LogP contribution in [0.15, 0.2) is 30.3 Å². The quantitative estimate of drug-likeness (QED) is 0.157. The lowest BCUT2D eigenvalue weighted by molar-refractivity contribution is 0.00626. The van der Waals surface area contributed by atoms with E-state index in [1.54, 1.807) is 64.6 Å². The molecule has 2 N–H and O–H groups in total. The van der Waals surface area contributed by atoms with E-state index in [1.807, 2.05) is 33.8 Å². The van der Waals surface area contributed by atoms with E-state index < -0.39 is 40.8 Å². The summed E-state index contributed by atoms with van der Waals surface area (Å²) in [5.74, 6) is -0.986. The van der Waals surface area contributed by atoms with Gasteiger partial charge in [-0.2, -0.15) is 0 Å². The summed E-state index contributed by atoms with van der Waals surface area (Å²) in [6.07, 6.45) is -0.350. The summed E-state index contributed by atoms with van der Waals surface area (Å²) >= 11 is 0. The first-order chi connectivity index (χ1) is 22.2. The van der Waals surface area contributed by atoms with Crippen molar-refractivity contribution in [1.29, 1.82) is 0 Å². The summed E-state index contributed by atoms with van der Waals surface area (Å²) in [7, 11) is 0. The second-order valence-electron chi connectivity index (χ2n) is 15.2. The maximum Gasteiger partial charge on any atom is 0.413 e. The highest BCUT2D eigenvalue weighted by atomic mass is 19.1. The van der Waals surface area contributed by atoms with Gasteiger partial charge in [0.05, 0.1) is 24.8 Å². The fourth-order valence-corrected chi connectivity index (χ4v) is 5.25. The fraction of sp³-hybridized carbons (Fsp3) is 0.611. The van der Waals surface area contributed by atoms with Gasteiger partial charge in [-0.1, -0.05) is 12.1 Å². The standard InChI is InChI=1S/C36H53FN4O7/c1-23-18-26(39-29(19-23)40-32(43)47-35(5,6)7)20-25-21-41(33(44)48-36(8,9)10)22-28(25)45-17-16-38-15-14-24-12-11-13-27(37)30(24)31(42)46-34(2,3)4/h11-13,18-19,25,28,38H,14-17,20-22H2,1-10H3,(H,39,40,43). The number of anilines is 1. The molecule has 1 fully saturated rings. The average Bonchev–Trinajstić information content (AvgIpc) is 3.29. The first-order valence-corrected chi connectivity index (χ1v) is 16.5. The SMILES string of the molecule is Cc1cc(CC2CN(C(=O)OC(C)(C)C)CC2OCCNCCc2cccc(F)c2C(=O)OC(C)(C)C)nc(NC(=O)OC(C)(C)C)c1. The molecule has 0 aliphatic carbocycles. The molecular weight excluding hydrogens is 619 g/mol. The molecule has 2 atom stereocenters. The van der Waals surface area contributed by atoms with Crippen LogP contribution in [0.2, 0.25) is 0 Å². The minimum Gasteiger partial charge on any atom is -0.456 e. The topological polar surface area (TPSA) is 128 Å². The Morgan fingerprint density at radius 2 is 1.58 bits per heavy atom. The molecule has 0 bridgehead atoms. The van der Waals surface area contributed by atoms with E-state index >= 15 is 0 Å². The van der Waals surface area contributed by atoms with E-state index in [9.17, 15) is 18.8 Å². The van der Waals surface area contributed by atoms with E-state index in [0.717, 1.165) is 11.3 Å². The number of carbonyl (C=O) groups excluding carboxylic acids is 3. The van der Waals surface area contributed by atoms with E-state index in [1.165, 1.54) is 6.07 Å². The van der Waals surface area contributed by atoms with Crippen LogP contribution in [0.3, 0.4) is 0 Å². The molecule has 12 heteroatoms. The van der Waals surface area contributed by atoms with Crippen molar-refractivity contribution >= 4 is 24.0 Å². The number of halogens is 1. The monoisotopic (exact) mass is 672 g/mol. The van der Waals surface area contributed by atoms with Crippen LogP contribution in [-0.4, -0.2) is 83.7 Å². The number of esters is 1. The third kappa shape index (κ3) is 13.0. The lowest BCUT2D eigenvalue weighted by Crippen LogP contribution is -2.36. The third-order valence-corrected chi connectivity index (χ3v) is 7.04. The molecule has 2 aromatic rings. The van der Waals surface area contributed by atoms with Crippen LogP contribution in [0.4, 0.5) is 19.8 Å². The summed E-state index contributed by atoms with van der Waals surface area (Å²) < 4.78 is 37.3. The predicted octanol–water partition coefficient (Wildman–Crippen LogP) is 6.46. The van der Waals surface area contributed by atoms with Crippen molar-refractivity contribution in [1.82, 2.24) is 15.2 Å². The molecule has 0 spiro atoms. The molecule has 0 saturated carbocycles. The van der Waals surface area contributed by atoms with E-state index in [4.69, 9.17) is 18.9 Å². The van der Waals surface area contributed by atoms with Crippen LogP contribution in [-0.2, 0) is 31.8 Å². The van der Waals surface area contributed by atoms with Crippen molar-refractivity contribution in [3.05, 3.63) is 58.5 Å². The Balaban J connectivity index is 1.63. The van der Waals surface area contributed by atoms with Crippen LogP contribution < -0.4 is 10.6 Å². The number of aromatic nitrogens is 1. The van der Waals surface area contributed by atoms with Gasteiger partial charge in [-0.15, -0.1) is 0 Å². The van der Waals surface area contributed by atoms with Gasteiger partial charge in [-0.25, -0.2) is 23.8 Å². The van der Waals surface area contributed by atoms with Gasteiger partial charge in [0.2, 0.25) is 0 Å². The molecular formula is C36H53FN4O7. The normalized spacial score (nSPS) is 16.9. The van der Waals surface area contributed by atoms with Gasteiger partial charge in [-0.3, -0.25) is 5.32 Å². The largest absolute Gasteiger partial charge is 0.456 e. The second-order valence-corrected chi connectivity index (χ2v) is 15.2. The predicted molar refractivity (Wildman–Crippen MR) is 182 cm³/mol. The number of hydrogen-bond donors (Lipinski definition) is 2. The molecule has 1 saturated heterocycles. The highest BCUT2D eigenvalue weighted by Gasteiger charge is 2.38. The molecule has 0 radical (unpaired) electrons. The highest BCUT2D eigenvalue weighted by Crippen LogP contribution is 2.27. The minimum atomic E-state index is -0.738. The van der Waals surface area contributed by atoms with Gasteiger partial charge in [0.25, 0.3) is 0 Å². The van der Waals surface area contributed by atoms with Gasteiger partial charge < -0.3 is 29.2 Å². The molecule has 3 rings (SSSR count). The number of pyridine rings is 1. The molecule has 266 valence electrons. The lowest BCUT2D eigenvalue weighted by atomic mass is 9.99. The number of aryl methyl sites for hydroxylation is 1. The van der Waals surface area contributed by atoms with Crippen LogP contribution in [0.5, 0.6) is 0 Å². The average molecular weight is 673 g/mol. The van der Waals surface area contributed by atoms with Crippen LogP contribution in [0.25, 0.3) is 0 Å². The van der Waals surface area contributed by atoms with Gasteiger partial charge in [0.1, 0.15) is 28.4 Å². The number of hydrogen-bond acceptors (Lipinski definition) is 9. The zero-order valence-electron chi connectivity index (χ0n) is 30.1. The van der Waals surface area contributed by atoms with Crippen LogP contribution in [0.1, 0.15) is 89.5 Å².